The van der Waals surface area contributed by atoms with Gasteiger partial charge in [-0.2, -0.15) is 10.2 Å². The number of hydrogen-bond acceptors (Lipinski definition) is 3. The fourth-order valence-electron chi connectivity index (χ4n) is 3.23. The molecule has 1 fully saturated rings. The molecule has 5 nitrogen and oxygen atoms in total. The minimum Gasteiger partial charge on any atom is -0.316 e. The monoisotopic (exact) mass is 311 g/mol. The van der Waals surface area contributed by atoms with Crippen LogP contribution in [0.4, 0.5) is 4.39 Å². The number of aryl methyl sites for hydroxylation is 1. The van der Waals surface area contributed by atoms with Crippen molar-refractivity contribution in [3.05, 3.63) is 48.2 Å². The zero-order valence-electron chi connectivity index (χ0n) is 12.9. The summed E-state index contributed by atoms with van der Waals surface area (Å²) in [6.07, 6.45) is 4.89. The van der Waals surface area contributed by atoms with E-state index in [0.717, 1.165) is 47.6 Å². The van der Waals surface area contributed by atoms with Gasteiger partial charge in [0.1, 0.15) is 11.5 Å². The van der Waals surface area contributed by atoms with Gasteiger partial charge in [-0.3, -0.25) is 9.78 Å². The summed E-state index contributed by atoms with van der Waals surface area (Å²) in [5.41, 5.74) is 4.97. The molecule has 0 amide bonds. The molecule has 1 aliphatic heterocycles. The van der Waals surface area contributed by atoms with Crippen molar-refractivity contribution in [1.29, 1.82) is 0 Å². The summed E-state index contributed by atoms with van der Waals surface area (Å²) in [6.45, 7) is 1.98. The average Bonchev–Trinajstić information content (AvgIpc) is 3.27. The Balaban J connectivity index is 1.81. The van der Waals surface area contributed by atoms with Crippen molar-refractivity contribution in [1.82, 2.24) is 25.3 Å². The van der Waals surface area contributed by atoms with Gasteiger partial charge in [-0.25, -0.2) is 4.39 Å². The third-order valence-corrected chi connectivity index (χ3v) is 4.38. The number of aromatic nitrogens is 4. The lowest BCUT2D eigenvalue weighted by molar-refractivity contribution is 0.628. The largest absolute Gasteiger partial charge is 0.316 e. The highest BCUT2D eigenvalue weighted by Gasteiger charge is 2.24. The van der Waals surface area contributed by atoms with E-state index < -0.39 is 0 Å². The predicted octanol–water partition coefficient (Wildman–Crippen LogP) is 2.69. The van der Waals surface area contributed by atoms with Crippen molar-refractivity contribution in [3.8, 4) is 22.4 Å². The maximum Gasteiger partial charge on any atom is 0.123 e. The van der Waals surface area contributed by atoms with Crippen molar-refractivity contribution in [2.45, 2.75) is 12.3 Å². The van der Waals surface area contributed by atoms with Crippen molar-refractivity contribution in [2.75, 3.05) is 13.1 Å². The Labute approximate surface area is 133 Å². The first-order chi connectivity index (χ1) is 11.2. The third kappa shape index (κ3) is 2.55. The normalized spacial score (nSPS) is 17.7. The van der Waals surface area contributed by atoms with Gasteiger partial charge in [0.05, 0.1) is 6.20 Å². The maximum atomic E-state index is 13.2. The summed E-state index contributed by atoms with van der Waals surface area (Å²) in [5.74, 6) is 0.191. The molecular formula is C17H18FN5. The molecule has 23 heavy (non-hydrogen) atoms. The van der Waals surface area contributed by atoms with Gasteiger partial charge in [0, 0.05) is 42.5 Å². The number of hydrogen-bond donors (Lipinski definition) is 2. The fraction of sp³-hybridized carbons (Fsp3) is 0.294. The van der Waals surface area contributed by atoms with E-state index in [2.05, 4.69) is 20.6 Å². The molecule has 0 radical (unpaired) electrons. The molecule has 6 heteroatoms. The van der Waals surface area contributed by atoms with E-state index in [0.29, 0.717) is 5.92 Å². The molecule has 2 N–H and O–H groups in total. The Morgan fingerprint density at radius 2 is 2.04 bits per heavy atom. The van der Waals surface area contributed by atoms with Gasteiger partial charge in [0.15, 0.2) is 0 Å². The number of nitrogens with zero attached hydrogens (tertiary/aromatic N) is 3. The molecule has 1 saturated heterocycles. The molecule has 118 valence electrons. The predicted molar refractivity (Wildman–Crippen MR) is 86.4 cm³/mol. The van der Waals surface area contributed by atoms with Gasteiger partial charge in [0.2, 0.25) is 0 Å². The quantitative estimate of drug-likeness (QED) is 0.782. The standard InChI is InChI=1S/C17H18FN5/c1-23-10-15(11-2-4-13(18)5-3-11)17(22-23)14-9-20-21-16(14)12-6-7-19-8-12/h2-5,9-10,12,19H,6-8H2,1H3,(H,20,21). The van der Waals surface area contributed by atoms with Gasteiger partial charge >= 0.3 is 0 Å². The average molecular weight is 311 g/mol. The molecular weight excluding hydrogens is 293 g/mol. The number of rotatable bonds is 3. The molecule has 1 atom stereocenters. The molecule has 2 aromatic heterocycles. The molecule has 4 rings (SSSR count). The van der Waals surface area contributed by atoms with Crippen LogP contribution in [0, 0.1) is 5.82 Å². The second-order valence-electron chi connectivity index (χ2n) is 5.96. The Hall–Kier alpha value is -2.47. The van der Waals surface area contributed by atoms with Crippen molar-refractivity contribution in [2.24, 2.45) is 7.05 Å². The van der Waals surface area contributed by atoms with Crippen molar-refractivity contribution in [3.63, 3.8) is 0 Å². The Bertz CT molecular complexity index is 812. The van der Waals surface area contributed by atoms with Crippen LogP contribution in [0.15, 0.2) is 36.7 Å². The molecule has 0 bridgehead atoms. The lowest BCUT2D eigenvalue weighted by atomic mass is 9.96. The molecule has 0 aliphatic carbocycles. The Morgan fingerprint density at radius 1 is 1.22 bits per heavy atom. The maximum absolute atomic E-state index is 13.2. The van der Waals surface area contributed by atoms with E-state index in [-0.39, 0.29) is 5.82 Å². The first-order valence-electron chi connectivity index (χ1n) is 7.76. The van der Waals surface area contributed by atoms with Crippen LogP contribution in [0.1, 0.15) is 18.0 Å². The highest BCUT2D eigenvalue weighted by Crippen LogP contribution is 2.35. The van der Waals surface area contributed by atoms with E-state index in [9.17, 15) is 4.39 Å². The zero-order chi connectivity index (χ0) is 15.8. The minimum absolute atomic E-state index is 0.236. The van der Waals surface area contributed by atoms with E-state index in [1.165, 1.54) is 12.1 Å². The van der Waals surface area contributed by atoms with Crippen LogP contribution in [0.5, 0.6) is 0 Å². The molecule has 0 spiro atoms. The molecule has 0 saturated carbocycles. The molecule has 3 aromatic rings. The van der Waals surface area contributed by atoms with Crippen LogP contribution in [0.25, 0.3) is 22.4 Å². The molecule has 1 unspecified atom stereocenters. The topological polar surface area (TPSA) is 58.5 Å². The number of benzene rings is 1. The van der Waals surface area contributed by atoms with E-state index in [4.69, 9.17) is 0 Å². The van der Waals surface area contributed by atoms with Crippen LogP contribution < -0.4 is 5.32 Å². The minimum atomic E-state index is -0.236. The molecule has 1 aromatic carbocycles. The first-order valence-corrected chi connectivity index (χ1v) is 7.76. The lowest BCUT2D eigenvalue weighted by Crippen LogP contribution is -2.08. The first kappa shape index (κ1) is 14.1. The summed E-state index contributed by atoms with van der Waals surface area (Å²) in [7, 11) is 1.90. The summed E-state index contributed by atoms with van der Waals surface area (Å²) < 4.78 is 15.0. The lowest BCUT2D eigenvalue weighted by Gasteiger charge is -2.09. The van der Waals surface area contributed by atoms with Crippen LogP contribution in [0.2, 0.25) is 0 Å². The summed E-state index contributed by atoms with van der Waals surface area (Å²) in [4.78, 5) is 0. The Kier molecular flexibility index (Phi) is 3.46. The van der Waals surface area contributed by atoms with Gasteiger partial charge in [-0.1, -0.05) is 12.1 Å². The fourth-order valence-corrected chi connectivity index (χ4v) is 3.23. The van der Waals surface area contributed by atoms with Gasteiger partial charge < -0.3 is 5.32 Å². The summed E-state index contributed by atoms with van der Waals surface area (Å²) >= 11 is 0. The highest BCUT2D eigenvalue weighted by atomic mass is 19.1. The number of aromatic amines is 1. The summed E-state index contributed by atoms with van der Waals surface area (Å²) in [6, 6.07) is 6.52. The van der Waals surface area contributed by atoms with Crippen LogP contribution in [-0.2, 0) is 7.05 Å². The van der Waals surface area contributed by atoms with Gasteiger partial charge in [-0.05, 0) is 30.7 Å². The van der Waals surface area contributed by atoms with Gasteiger partial charge in [-0.15, -0.1) is 0 Å². The van der Waals surface area contributed by atoms with E-state index >= 15 is 0 Å². The Morgan fingerprint density at radius 3 is 2.78 bits per heavy atom. The van der Waals surface area contributed by atoms with E-state index in [1.54, 1.807) is 16.8 Å². The third-order valence-electron chi connectivity index (χ3n) is 4.38. The molecule has 1 aliphatic rings. The van der Waals surface area contributed by atoms with Crippen LogP contribution in [0.3, 0.4) is 0 Å². The van der Waals surface area contributed by atoms with Crippen molar-refractivity contribution < 1.29 is 4.39 Å². The number of halogens is 1. The zero-order valence-corrected chi connectivity index (χ0v) is 12.9. The second kappa shape index (κ2) is 5.62. The summed E-state index contributed by atoms with van der Waals surface area (Å²) in [5, 5.41) is 15.4. The SMILES string of the molecule is Cn1cc(-c2ccc(F)cc2)c(-c2cn[nH]c2C2CCNC2)n1. The molecule has 3 heterocycles. The smallest absolute Gasteiger partial charge is 0.123 e. The van der Waals surface area contributed by atoms with Crippen molar-refractivity contribution >= 4 is 0 Å². The highest BCUT2D eigenvalue weighted by molar-refractivity contribution is 5.81. The van der Waals surface area contributed by atoms with Crippen LogP contribution in [-0.4, -0.2) is 33.1 Å². The second-order valence-corrected chi connectivity index (χ2v) is 5.96. The number of H-pyrrole nitrogens is 1. The van der Waals surface area contributed by atoms with E-state index in [1.807, 2.05) is 19.4 Å². The van der Waals surface area contributed by atoms with Crippen LogP contribution >= 0.6 is 0 Å². The number of nitrogens with one attached hydrogen (secondary N) is 2. The van der Waals surface area contributed by atoms with Gasteiger partial charge in [0.25, 0.3) is 0 Å².